The lowest BCUT2D eigenvalue weighted by atomic mass is 10.1. The summed E-state index contributed by atoms with van der Waals surface area (Å²) in [6.07, 6.45) is 2.57. The molecule has 1 fully saturated rings. The van der Waals surface area contributed by atoms with Crippen LogP contribution in [0.25, 0.3) is 22.8 Å². The molecule has 1 aromatic heterocycles. The Morgan fingerprint density at radius 2 is 1.65 bits per heavy atom. The molecule has 1 saturated heterocycles. The molecular formula is C28H24N4O2. The van der Waals surface area contributed by atoms with Crippen LogP contribution in [0, 0.1) is 11.3 Å². The fourth-order valence-electron chi connectivity index (χ4n) is 4.29. The highest BCUT2D eigenvalue weighted by Crippen LogP contribution is 2.29. The lowest BCUT2D eigenvalue weighted by molar-refractivity contribution is 0.0767. The molecule has 2 heterocycles. The zero-order chi connectivity index (χ0) is 23.3. The standard InChI is InChI=1S/C28H24N4O2/c29-19-21-11-13-23(14-12-21)31-15-6-16-32(18-17-31)28(33)25-10-5-4-9-24(25)27-30-20-26(34-27)22-7-2-1-3-8-22/h1-5,7-14,20H,6,15-18H2. The van der Waals surface area contributed by atoms with Crippen molar-refractivity contribution < 1.29 is 9.21 Å². The minimum atomic E-state index is -0.0169. The van der Waals surface area contributed by atoms with Crippen LogP contribution in [-0.2, 0) is 0 Å². The van der Waals surface area contributed by atoms with Gasteiger partial charge < -0.3 is 14.2 Å². The molecule has 0 N–H and O–H groups in total. The summed E-state index contributed by atoms with van der Waals surface area (Å²) in [5.41, 5.74) is 3.95. The van der Waals surface area contributed by atoms with E-state index >= 15 is 0 Å². The molecule has 6 nitrogen and oxygen atoms in total. The van der Waals surface area contributed by atoms with Crippen LogP contribution in [0.2, 0.25) is 0 Å². The van der Waals surface area contributed by atoms with Gasteiger partial charge in [-0.15, -0.1) is 0 Å². The second-order valence-electron chi connectivity index (χ2n) is 8.23. The average molecular weight is 449 g/mol. The molecule has 0 radical (unpaired) electrons. The van der Waals surface area contributed by atoms with E-state index in [0.29, 0.717) is 41.4 Å². The number of amides is 1. The number of nitriles is 1. The molecule has 6 heteroatoms. The normalized spacial score (nSPS) is 13.9. The van der Waals surface area contributed by atoms with Gasteiger partial charge in [-0.3, -0.25) is 4.79 Å². The number of rotatable bonds is 4. The van der Waals surface area contributed by atoms with Crippen molar-refractivity contribution in [1.82, 2.24) is 9.88 Å². The Morgan fingerprint density at radius 3 is 2.44 bits per heavy atom. The summed E-state index contributed by atoms with van der Waals surface area (Å²) in [5.74, 6) is 1.10. The number of aromatic nitrogens is 1. The van der Waals surface area contributed by atoms with Crippen molar-refractivity contribution in [1.29, 1.82) is 5.26 Å². The minimum Gasteiger partial charge on any atom is -0.436 e. The van der Waals surface area contributed by atoms with Gasteiger partial charge in [0, 0.05) is 43.0 Å². The summed E-state index contributed by atoms with van der Waals surface area (Å²) in [6, 6.07) is 27.1. The summed E-state index contributed by atoms with van der Waals surface area (Å²) in [6.45, 7) is 2.89. The van der Waals surface area contributed by atoms with Crippen LogP contribution in [0.15, 0.2) is 89.5 Å². The second-order valence-corrected chi connectivity index (χ2v) is 8.23. The van der Waals surface area contributed by atoms with E-state index in [0.717, 1.165) is 30.8 Å². The quantitative estimate of drug-likeness (QED) is 0.427. The number of nitrogens with zero attached hydrogens (tertiary/aromatic N) is 4. The van der Waals surface area contributed by atoms with Gasteiger partial charge in [-0.2, -0.15) is 5.26 Å². The van der Waals surface area contributed by atoms with Gasteiger partial charge in [0.25, 0.3) is 5.91 Å². The van der Waals surface area contributed by atoms with Crippen molar-refractivity contribution in [2.45, 2.75) is 6.42 Å². The highest BCUT2D eigenvalue weighted by atomic mass is 16.4. The summed E-state index contributed by atoms with van der Waals surface area (Å²) >= 11 is 0. The Morgan fingerprint density at radius 1 is 0.882 bits per heavy atom. The number of benzene rings is 3. The Kier molecular flexibility index (Phi) is 6.09. The van der Waals surface area contributed by atoms with Crippen LogP contribution >= 0.6 is 0 Å². The predicted molar refractivity (Wildman–Crippen MR) is 131 cm³/mol. The predicted octanol–water partition coefficient (Wildman–Crippen LogP) is 5.23. The zero-order valence-electron chi connectivity index (χ0n) is 18.7. The molecular weight excluding hydrogens is 424 g/mol. The topological polar surface area (TPSA) is 73.4 Å². The Labute approximate surface area is 198 Å². The Hall–Kier alpha value is -4.37. The van der Waals surface area contributed by atoms with Gasteiger partial charge in [0.1, 0.15) is 0 Å². The summed E-state index contributed by atoms with van der Waals surface area (Å²) < 4.78 is 6.04. The molecule has 1 aliphatic heterocycles. The van der Waals surface area contributed by atoms with E-state index in [-0.39, 0.29) is 5.91 Å². The molecule has 0 bridgehead atoms. The van der Waals surface area contributed by atoms with Gasteiger partial charge in [0.2, 0.25) is 5.89 Å². The number of anilines is 1. The summed E-state index contributed by atoms with van der Waals surface area (Å²) in [4.78, 5) is 22.2. The van der Waals surface area contributed by atoms with E-state index in [9.17, 15) is 4.79 Å². The molecule has 0 atom stereocenters. The lowest BCUT2D eigenvalue weighted by Gasteiger charge is -2.24. The fourth-order valence-corrected chi connectivity index (χ4v) is 4.29. The molecule has 0 aliphatic carbocycles. The highest BCUT2D eigenvalue weighted by Gasteiger charge is 2.24. The maximum absolute atomic E-state index is 13.6. The Balaban J connectivity index is 1.34. The molecule has 0 unspecified atom stereocenters. The molecule has 1 amide bonds. The van der Waals surface area contributed by atoms with Crippen LogP contribution in [0.5, 0.6) is 0 Å². The van der Waals surface area contributed by atoms with Crippen LogP contribution in [0.3, 0.4) is 0 Å². The van der Waals surface area contributed by atoms with Crippen molar-refractivity contribution >= 4 is 11.6 Å². The number of carbonyl (C=O) groups excluding carboxylic acids is 1. The molecule has 4 aromatic rings. The van der Waals surface area contributed by atoms with Crippen LogP contribution in [0.4, 0.5) is 5.69 Å². The van der Waals surface area contributed by atoms with Gasteiger partial charge in [0.15, 0.2) is 5.76 Å². The molecule has 0 spiro atoms. The van der Waals surface area contributed by atoms with Gasteiger partial charge in [-0.05, 0) is 42.8 Å². The first-order chi connectivity index (χ1) is 16.7. The third kappa shape index (κ3) is 4.41. The van der Waals surface area contributed by atoms with E-state index in [1.165, 1.54) is 0 Å². The first-order valence-electron chi connectivity index (χ1n) is 11.4. The van der Waals surface area contributed by atoms with Gasteiger partial charge in [0.05, 0.1) is 23.4 Å². The van der Waals surface area contributed by atoms with Gasteiger partial charge in [-0.1, -0.05) is 42.5 Å². The number of oxazole rings is 1. The van der Waals surface area contributed by atoms with Crippen molar-refractivity contribution in [3.63, 3.8) is 0 Å². The number of hydrogen-bond donors (Lipinski definition) is 0. The minimum absolute atomic E-state index is 0.0169. The van der Waals surface area contributed by atoms with Gasteiger partial charge in [-0.25, -0.2) is 4.98 Å². The fraction of sp³-hybridized carbons (Fsp3) is 0.179. The first kappa shape index (κ1) is 21.5. The van der Waals surface area contributed by atoms with E-state index in [1.807, 2.05) is 83.8 Å². The largest absolute Gasteiger partial charge is 0.436 e. The molecule has 3 aromatic carbocycles. The Bertz CT molecular complexity index is 1320. The van der Waals surface area contributed by atoms with Crippen LogP contribution in [-0.4, -0.2) is 42.0 Å². The van der Waals surface area contributed by atoms with Crippen LogP contribution < -0.4 is 4.90 Å². The second kappa shape index (κ2) is 9.63. The lowest BCUT2D eigenvalue weighted by Crippen LogP contribution is -2.35. The molecule has 34 heavy (non-hydrogen) atoms. The van der Waals surface area contributed by atoms with Crippen molar-refractivity contribution in [2.75, 3.05) is 31.1 Å². The third-order valence-corrected chi connectivity index (χ3v) is 6.10. The van der Waals surface area contributed by atoms with E-state index < -0.39 is 0 Å². The maximum Gasteiger partial charge on any atom is 0.254 e. The van der Waals surface area contributed by atoms with Crippen molar-refractivity contribution in [3.05, 3.63) is 96.2 Å². The van der Waals surface area contributed by atoms with Gasteiger partial charge >= 0.3 is 0 Å². The SMILES string of the molecule is N#Cc1ccc(N2CCCN(C(=O)c3ccccc3-c3ncc(-c4ccccc4)o3)CC2)cc1. The maximum atomic E-state index is 13.6. The number of carbonyl (C=O) groups is 1. The average Bonchev–Trinajstić information content (AvgIpc) is 3.27. The van der Waals surface area contributed by atoms with E-state index in [1.54, 1.807) is 6.20 Å². The summed E-state index contributed by atoms with van der Waals surface area (Å²) in [5, 5.41) is 9.03. The molecule has 0 saturated carbocycles. The molecule has 168 valence electrons. The highest BCUT2D eigenvalue weighted by molar-refractivity contribution is 6.00. The first-order valence-corrected chi connectivity index (χ1v) is 11.4. The smallest absolute Gasteiger partial charge is 0.254 e. The summed E-state index contributed by atoms with van der Waals surface area (Å²) in [7, 11) is 0. The van der Waals surface area contributed by atoms with E-state index in [2.05, 4.69) is 16.0 Å². The molecule has 5 rings (SSSR count). The monoisotopic (exact) mass is 448 g/mol. The molecule has 1 aliphatic rings. The van der Waals surface area contributed by atoms with E-state index in [4.69, 9.17) is 9.68 Å². The van der Waals surface area contributed by atoms with Crippen molar-refractivity contribution in [3.8, 4) is 28.8 Å². The third-order valence-electron chi connectivity index (χ3n) is 6.10. The van der Waals surface area contributed by atoms with Crippen LogP contribution in [0.1, 0.15) is 22.3 Å². The zero-order valence-corrected chi connectivity index (χ0v) is 18.7. The van der Waals surface area contributed by atoms with Crippen molar-refractivity contribution in [2.24, 2.45) is 0 Å². The number of hydrogen-bond acceptors (Lipinski definition) is 5.